The molecule has 0 N–H and O–H groups in total. The number of carbonyl (C=O) groups excluding carboxylic acids is 1. The predicted octanol–water partition coefficient (Wildman–Crippen LogP) is 4.37. The SMILES string of the molecule is CCN(Cc1ccccc1)C(=O)c1cccc(C(F)(F)F)c1. The van der Waals surface area contributed by atoms with Crippen LogP contribution in [0.1, 0.15) is 28.4 Å². The van der Waals surface area contributed by atoms with Gasteiger partial charge < -0.3 is 4.90 Å². The van der Waals surface area contributed by atoms with Crippen LogP contribution in [0.25, 0.3) is 0 Å². The van der Waals surface area contributed by atoms with Crippen molar-refractivity contribution in [2.75, 3.05) is 6.54 Å². The first-order valence-electron chi connectivity index (χ1n) is 6.92. The van der Waals surface area contributed by atoms with E-state index in [0.717, 1.165) is 17.7 Å². The molecule has 0 heterocycles. The zero-order chi connectivity index (χ0) is 16.2. The van der Waals surface area contributed by atoms with Crippen LogP contribution in [0, 0.1) is 0 Å². The third-order valence-corrected chi connectivity index (χ3v) is 3.32. The highest BCUT2D eigenvalue weighted by molar-refractivity contribution is 5.94. The molecule has 2 rings (SSSR count). The molecule has 116 valence electrons. The van der Waals surface area contributed by atoms with Crippen LogP contribution in [-0.2, 0) is 12.7 Å². The lowest BCUT2D eigenvalue weighted by Crippen LogP contribution is -2.30. The molecule has 0 saturated carbocycles. The first kappa shape index (κ1) is 16.1. The highest BCUT2D eigenvalue weighted by Crippen LogP contribution is 2.29. The van der Waals surface area contributed by atoms with Gasteiger partial charge in [0.05, 0.1) is 5.56 Å². The van der Waals surface area contributed by atoms with E-state index in [1.165, 1.54) is 17.0 Å². The number of hydrogen-bond donors (Lipinski definition) is 0. The van der Waals surface area contributed by atoms with Gasteiger partial charge in [0, 0.05) is 18.7 Å². The summed E-state index contributed by atoms with van der Waals surface area (Å²) in [5.74, 6) is -0.405. The number of benzene rings is 2. The van der Waals surface area contributed by atoms with E-state index in [1.54, 1.807) is 6.92 Å². The highest BCUT2D eigenvalue weighted by Gasteiger charge is 2.31. The molecule has 0 aliphatic heterocycles. The van der Waals surface area contributed by atoms with Crippen molar-refractivity contribution in [2.45, 2.75) is 19.6 Å². The van der Waals surface area contributed by atoms with E-state index < -0.39 is 17.6 Å². The number of rotatable bonds is 4. The molecule has 0 atom stereocenters. The van der Waals surface area contributed by atoms with Gasteiger partial charge in [-0.05, 0) is 30.7 Å². The second kappa shape index (κ2) is 6.64. The van der Waals surface area contributed by atoms with Gasteiger partial charge in [0.2, 0.25) is 0 Å². The van der Waals surface area contributed by atoms with E-state index in [4.69, 9.17) is 0 Å². The summed E-state index contributed by atoms with van der Waals surface area (Å²) in [6, 6.07) is 13.9. The molecular weight excluding hydrogens is 291 g/mol. The summed E-state index contributed by atoms with van der Waals surface area (Å²) in [6.07, 6.45) is -4.45. The van der Waals surface area contributed by atoms with E-state index in [9.17, 15) is 18.0 Å². The Balaban J connectivity index is 2.22. The third-order valence-electron chi connectivity index (χ3n) is 3.32. The maximum absolute atomic E-state index is 12.7. The third kappa shape index (κ3) is 3.87. The molecule has 0 spiro atoms. The molecule has 0 saturated heterocycles. The molecule has 22 heavy (non-hydrogen) atoms. The van der Waals surface area contributed by atoms with Crippen LogP contribution >= 0.6 is 0 Å². The molecule has 0 radical (unpaired) electrons. The van der Waals surface area contributed by atoms with Crippen LogP contribution in [0.15, 0.2) is 54.6 Å². The van der Waals surface area contributed by atoms with Crippen molar-refractivity contribution < 1.29 is 18.0 Å². The average molecular weight is 307 g/mol. The van der Waals surface area contributed by atoms with E-state index in [0.29, 0.717) is 13.1 Å². The second-order valence-corrected chi connectivity index (χ2v) is 4.88. The van der Waals surface area contributed by atoms with Crippen LogP contribution in [0.2, 0.25) is 0 Å². The molecule has 5 heteroatoms. The molecule has 0 aliphatic carbocycles. The number of carbonyl (C=O) groups is 1. The van der Waals surface area contributed by atoms with Crippen LogP contribution in [0.4, 0.5) is 13.2 Å². The van der Waals surface area contributed by atoms with E-state index in [1.807, 2.05) is 30.3 Å². The zero-order valence-electron chi connectivity index (χ0n) is 12.1. The smallest absolute Gasteiger partial charge is 0.335 e. The van der Waals surface area contributed by atoms with Crippen molar-refractivity contribution in [3.8, 4) is 0 Å². The lowest BCUT2D eigenvalue weighted by atomic mass is 10.1. The number of alkyl halides is 3. The van der Waals surface area contributed by atoms with Crippen LogP contribution < -0.4 is 0 Å². The minimum absolute atomic E-state index is 0.0487. The van der Waals surface area contributed by atoms with E-state index in [-0.39, 0.29) is 5.56 Å². The maximum Gasteiger partial charge on any atom is 0.416 e. The Morgan fingerprint density at radius 1 is 1.05 bits per heavy atom. The fraction of sp³-hybridized carbons (Fsp3) is 0.235. The van der Waals surface area contributed by atoms with Gasteiger partial charge in [0.15, 0.2) is 0 Å². The fourth-order valence-corrected chi connectivity index (χ4v) is 2.14. The van der Waals surface area contributed by atoms with Gasteiger partial charge >= 0.3 is 6.18 Å². The number of hydrogen-bond acceptors (Lipinski definition) is 1. The first-order valence-corrected chi connectivity index (χ1v) is 6.92. The number of amides is 1. The topological polar surface area (TPSA) is 20.3 Å². The minimum atomic E-state index is -4.45. The predicted molar refractivity (Wildman–Crippen MR) is 78.3 cm³/mol. The summed E-state index contributed by atoms with van der Waals surface area (Å²) in [4.78, 5) is 13.9. The van der Waals surface area contributed by atoms with Crippen LogP contribution in [-0.4, -0.2) is 17.4 Å². The maximum atomic E-state index is 12.7. The van der Waals surface area contributed by atoms with Crippen LogP contribution in [0.5, 0.6) is 0 Å². The van der Waals surface area contributed by atoms with Gasteiger partial charge in [0.25, 0.3) is 5.91 Å². The van der Waals surface area contributed by atoms with Crippen LogP contribution in [0.3, 0.4) is 0 Å². The van der Waals surface area contributed by atoms with E-state index in [2.05, 4.69) is 0 Å². The Hall–Kier alpha value is -2.30. The van der Waals surface area contributed by atoms with Crippen molar-refractivity contribution in [3.05, 3.63) is 71.3 Å². The molecule has 0 aromatic heterocycles. The quantitative estimate of drug-likeness (QED) is 0.821. The zero-order valence-corrected chi connectivity index (χ0v) is 12.1. The average Bonchev–Trinajstić information content (AvgIpc) is 2.52. The van der Waals surface area contributed by atoms with Crippen molar-refractivity contribution in [1.82, 2.24) is 4.90 Å². The fourth-order valence-electron chi connectivity index (χ4n) is 2.14. The minimum Gasteiger partial charge on any atom is -0.335 e. The van der Waals surface area contributed by atoms with Crippen molar-refractivity contribution in [2.24, 2.45) is 0 Å². The van der Waals surface area contributed by atoms with Gasteiger partial charge in [-0.3, -0.25) is 4.79 Å². The van der Waals surface area contributed by atoms with Gasteiger partial charge in [-0.15, -0.1) is 0 Å². The Morgan fingerprint density at radius 2 is 1.73 bits per heavy atom. The monoisotopic (exact) mass is 307 g/mol. The normalized spacial score (nSPS) is 11.3. The van der Waals surface area contributed by atoms with Crippen molar-refractivity contribution in [3.63, 3.8) is 0 Å². The van der Waals surface area contributed by atoms with Gasteiger partial charge in [0.1, 0.15) is 0 Å². The first-order chi connectivity index (χ1) is 10.4. The lowest BCUT2D eigenvalue weighted by molar-refractivity contribution is -0.137. The molecule has 2 aromatic rings. The van der Waals surface area contributed by atoms with Crippen molar-refractivity contribution >= 4 is 5.91 Å². The lowest BCUT2D eigenvalue weighted by Gasteiger charge is -2.21. The molecule has 0 aliphatic rings. The molecule has 2 aromatic carbocycles. The summed E-state index contributed by atoms with van der Waals surface area (Å²) in [5.41, 5.74) is 0.173. The molecule has 0 unspecified atom stereocenters. The van der Waals surface area contributed by atoms with Crippen molar-refractivity contribution in [1.29, 1.82) is 0 Å². The summed E-state index contributed by atoms with van der Waals surface area (Å²) in [6.45, 7) is 2.59. The molecule has 0 bridgehead atoms. The summed E-state index contributed by atoms with van der Waals surface area (Å²) in [5, 5.41) is 0. The number of nitrogens with zero attached hydrogens (tertiary/aromatic N) is 1. The Labute approximate surface area is 127 Å². The standard InChI is InChI=1S/C17H16F3NO/c1-2-21(12-13-7-4-3-5-8-13)16(22)14-9-6-10-15(11-14)17(18,19)20/h3-11H,2,12H2,1H3. The molecular formula is C17H16F3NO. The highest BCUT2D eigenvalue weighted by atomic mass is 19.4. The summed E-state index contributed by atoms with van der Waals surface area (Å²) >= 11 is 0. The van der Waals surface area contributed by atoms with Gasteiger partial charge in [-0.2, -0.15) is 13.2 Å². The molecule has 2 nitrogen and oxygen atoms in total. The summed E-state index contributed by atoms with van der Waals surface area (Å²) < 4.78 is 38.2. The van der Waals surface area contributed by atoms with Gasteiger partial charge in [-0.25, -0.2) is 0 Å². The molecule has 0 fully saturated rings. The summed E-state index contributed by atoms with van der Waals surface area (Å²) in [7, 11) is 0. The Kier molecular flexibility index (Phi) is 4.85. The Morgan fingerprint density at radius 3 is 2.32 bits per heavy atom. The Bertz CT molecular complexity index is 638. The number of halogens is 3. The molecule has 1 amide bonds. The van der Waals surface area contributed by atoms with Gasteiger partial charge in [-0.1, -0.05) is 36.4 Å². The van der Waals surface area contributed by atoms with E-state index >= 15 is 0 Å². The second-order valence-electron chi connectivity index (χ2n) is 4.88. The largest absolute Gasteiger partial charge is 0.416 e.